The lowest BCUT2D eigenvalue weighted by Gasteiger charge is -2.03. The van der Waals surface area contributed by atoms with E-state index in [9.17, 15) is 4.79 Å². The van der Waals surface area contributed by atoms with Crippen LogP contribution < -0.4 is 0 Å². The summed E-state index contributed by atoms with van der Waals surface area (Å²) in [6, 6.07) is 3.57. The van der Waals surface area contributed by atoms with E-state index in [-0.39, 0.29) is 12.6 Å². The van der Waals surface area contributed by atoms with E-state index >= 15 is 0 Å². The monoisotopic (exact) mass is 312 g/mol. The summed E-state index contributed by atoms with van der Waals surface area (Å²) in [6.07, 6.45) is 4.81. The Balaban J connectivity index is 1.74. The zero-order valence-corrected chi connectivity index (χ0v) is 12.2. The number of aromatic nitrogens is 6. The third-order valence-corrected chi connectivity index (χ3v) is 3.32. The maximum atomic E-state index is 10.8. The van der Waals surface area contributed by atoms with Gasteiger partial charge in [0.05, 0.1) is 24.4 Å². The topological polar surface area (TPSA) is 100 Å². The van der Waals surface area contributed by atoms with Crippen molar-refractivity contribution in [2.75, 3.05) is 6.61 Å². The highest BCUT2D eigenvalue weighted by molar-refractivity contribution is 5.88. The molecule has 0 saturated heterocycles. The van der Waals surface area contributed by atoms with E-state index in [0.717, 1.165) is 5.39 Å². The van der Waals surface area contributed by atoms with Crippen molar-refractivity contribution in [3.05, 3.63) is 30.9 Å². The third kappa shape index (κ3) is 2.31. The molecule has 0 aliphatic carbocycles. The van der Waals surface area contributed by atoms with Crippen molar-refractivity contribution >= 4 is 22.6 Å². The zero-order valence-electron chi connectivity index (χ0n) is 12.2. The Morgan fingerprint density at radius 2 is 2.30 bits per heavy atom. The highest BCUT2D eigenvalue weighted by Crippen LogP contribution is 2.21. The first-order valence-electron chi connectivity index (χ1n) is 6.96. The molecule has 0 aliphatic rings. The standard InChI is InChI=1S/C14H12N6O3/c1-9(21)22-6-4-19-13-10(7-16-19)14-17-12(11-3-2-5-23-11)18-20(14)8-15-13/h2-3,5,7-8H,4,6H2,1H3. The number of hydrogen-bond donors (Lipinski definition) is 0. The minimum atomic E-state index is -0.322. The Kier molecular flexibility index (Phi) is 3.04. The van der Waals surface area contributed by atoms with Gasteiger partial charge in [0.2, 0.25) is 5.82 Å². The molecule has 4 rings (SSSR count). The summed E-state index contributed by atoms with van der Waals surface area (Å²) in [4.78, 5) is 19.7. The molecule has 4 aromatic rings. The Morgan fingerprint density at radius 3 is 3.09 bits per heavy atom. The predicted octanol–water partition coefficient (Wildman–Crippen LogP) is 1.30. The molecule has 0 aliphatic heterocycles. The molecule has 0 bridgehead atoms. The van der Waals surface area contributed by atoms with E-state index < -0.39 is 0 Å². The Bertz CT molecular complexity index is 985. The average molecular weight is 312 g/mol. The van der Waals surface area contributed by atoms with Gasteiger partial charge in [0, 0.05) is 6.92 Å². The summed E-state index contributed by atoms with van der Waals surface area (Å²) in [5, 5.41) is 9.38. The number of rotatable bonds is 4. The van der Waals surface area contributed by atoms with Crippen LogP contribution in [0, 0.1) is 0 Å². The van der Waals surface area contributed by atoms with Crippen molar-refractivity contribution in [3.63, 3.8) is 0 Å². The second kappa shape index (κ2) is 5.20. The summed E-state index contributed by atoms with van der Waals surface area (Å²) in [5.74, 6) is 0.749. The Morgan fingerprint density at radius 1 is 1.39 bits per heavy atom. The number of carbonyl (C=O) groups excluding carboxylic acids is 1. The summed E-state index contributed by atoms with van der Waals surface area (Å²) < 4.78 is 13.5. The van der Waals surface area contributed by atoms with Gasteiger partial charge >= 0.3 is 5.97 Å². The van der Waals surface area contributed by atoms with E-state index in [0.29, 0.717) is 29.4 Å². The lowest BCUT2D eigenvalue weighted by Crippen LogP contribution is -2.10. The maximum absolute atomic E-state index is 10.8. The lowest BCUT2D eigenvalue weighted by molar-refractivity contribution is -0.141. The first-order valence-corrected chi connectivity index (χ1v) is 6.96. The SMILES string of the molecule is CC(=O)OCCn1ncc2c1ncn1nc(-c3ccco3)nc21. The molecule has 9 nitrogen and oxygen atoms in total. The van der Waals surface area contributed by atoms with E-state index in [2.05, 4.69) is 20.2 Å². The van der Waals surface area contributed by atoms with Crippen LogP contribution in [0.1, 0.15) is 6.92 Å². The first kappa shape index (κ1) is 13.4. The van der Waals surface area contributed by atoms with Crippen LogP contribution in [-0.2, 0) is 16.1 Å². The maximum Gasteiger partial charge on any atom is 0.302 e. The smallest absolute Gasteiger partial charge is 0.302 e. The second-order valence-corrected chi connectivity index (χ2v) is 4.87. The average Bonchev–Trinajstić information content (AvgIpc) is 3.25. The number of hydrogen-bond acceptors (Lipinski definition) is 7. The van der Waals surface area contributed by atoms with Gasteiger partial charge in [-0.3, -0.25) is 4.79 Å². The van der Waals surface area contributed by atoms with Crippen LogP contribution in [0.25, 0.3) is 28.3 Å². The van der Waals surface area contributed by atoms with E-state index in [4.69, 9.17) is 9.15 Å². The summed E-state index contributed by atoms with van der Waals surface area (Å²) in [6.45, 7) is 2.03. The van der Waals surface area contributed by atoms with Gasteiger partial charge in [-0.2, -0.15) is 5.10 Å². The fourth-order valence-electron chi connectivity index (χ4n) is 2.32. The lowest BCUT2D eigenvalue weighted by atomic mass is 10.4. The number of esters is 1. The summed E-state index contributed by atoms with van der Waals surface area (Å²) in [5.41, 5.74) is 1.29. The molecular weight excluding hydrogens is 300 g/mol. The molecule has 4 heterocycles. The number of carbonyl (C=O) groups is 1. The molecule has 0 unspecified atom stereocenters. The van der Waals surface area contributed by atoms with Gasteiger partial charge in [-0.05, 0) is 12.1 Å². The van der Waals surface area contributed by atoms with Crippen molar-refractivity contribution < 1.29 is 13.9 Å². The van der Waals surface area contributed by atoms with Gasteiger partial charge in [-0.1, -0.05) is 0 Å². The summed E-state index contributed by atoms with van der Waals surface area (Å²) in [7, 11) is 0. The fraction of sp³-hybridized carbons (Fsp3) is 0.214. The molecule has 0 aromatic carbocycles. The van der Waals surface area contributed by atoms with Gasteiger partial charge in [0.25, 0.3) is 0 Å². The highest BCUT2D eigenvalue weighted by atomic mass is 16.5. The van der Waals surface area contributed by atoms with Crippen LogP contribution in [-0.4, -0.2) is 41.9 Å². The van der Waals surface area contributed by atoms with Crippen molar-refractivity contribution in [1.29, 1.82) is 0 Å². The van der Waals surface area contributed by atoms with Crippen LogP contribution in [0.3, 0.4) is 0 Å². The normalized spacial score (nSPS) is 11.3. The molecule has 116 valence electrons. The molecule has 0 fully saturated rings. The highest BCUT2D eigenvalue weighted by Gasteiger charge is 2.14. The van der Waals surface area contributed by atoms with Crippen LogP contribution in [0.15, 0.2) is 35.3 Å². The fourth-order valence-corrected chi connectivity index (χ4v) is 2.32. The zero-order chi connectivity index (χ0) is 15.8. The minimum Gasteiger partial charge on any atom is -0.464 e. The number of ether oxygens (including phenoxy) is 1. The van der Waals surface area contributed by atoms with E-state index in [1.807, 2.05) is 0 Å². The molecule has 0 radical (unpaired) electrons. The van der Waals surface area contributed by atoms with Gasteiger partial charge < -0.3 is 9.15 Å². The molecule has 23 heavy (non-hydrogen) atoms. The van der Waals surface area contributed by atoms with E-state index in [1.54, 1.807) is 40.1 Å². The van der Waals surface area contributed by atoms with Crippen molar-refractivity contribution in [1.82, 2.24) is 29.4 Å². The van der Waals surface area contributed by atoms with Crippen LogP contribution in [0.5, 0.6) is 0 Å². The Labute approximate surface area is 129 Å². The Hall–Kier alpha value is -3.23. The summed E-state index contributed by atoms with van der Waals surface area (Å²) >= 11 is 0. The third-order valence-electron chi connectivity index (χ3n) is 3.32. The molecule has 9 heteroatoms. The molecular formula is C14H12N6O3. The molecule has 0 atom stereocenters. The van der Waals surface area contributed by atoms with Crippen LogP contribution in [0.2, 0.25) is 0 Å². The first-order chi connectivity index (χ1) is 11.2. The predicted molar refractivity (Wildman–Crippen MR) is 78.4 cm³/mol. The molecule has 4 aromatic heterocycles. The van der Waals surface area contributed by atoms with Gasteiger partial charge in [0.15, 0.2) is 17.1 Å². The van der Waals surface area contributed by atoms with Crippen LogP contribution in [0.4, 0.5) is 0 Å². The van der Waals surface area contributed by atoms with Gasteiger partial charge in [0.1, 0.15) is 12.9 Å². The van der Waals surface area contributed by atoms with Gasteiger partial charge in [-0.25, -0.2) is 19.2 Å². The van der Waals surface area contributed by atoms with Crippen molar-refractivity contribution in [2.24, 2.45) is 0 Å². The minimum absolute atomic E-state index is 0.239. The number of furan rings is 1. The molecule has 0 spiro atoms. The second-order valence-electron chi connectivity index (χ2n) is 4.87. The number of nitrogens with zero attached hydrogens (tertiary/aromatic N) is 6. The molecule has 0 N–H and O–H groups in total. The van der Waals surface area contributed by atoms with Crippen molar-refractivity contribution in [3.8, 4) is 11.6 Å². The van der Waals surface area contributed by atoms with E-state index in [1.165, 1.54) is 6.92 Å². The molecule has 0 amide bonds. The number of fused-ring (bicyclic) bond motifs is 3. The quantitative estimate of drug-likeness (QED) is 0.523. The molecule has 0 saturated carbocycles. The van der Waals surface area contributed by atoms with Crippen LogP contribution >= 0.6 is 0 Å². The largest absolute Gasteiger partial charge is 0.464 e. The van der Waals surface area contributed by atoms with Crippen molar-refractivity contribution in [2.45, 2.75) is 13.5 Å². The van der Waals surface area contributed by atoms with Gasteiger partial charge in [-0.15, -0.1) is 5.10 Å².